The Balaban J connectivity index is 1.74. The van der Waals surface area contributed by atoms with Gasteiger partial charge in [0.1, 0.15) is 5.82 Å². The Hall–Kier alpha value is -3.12. The standard InChI is InChI=1S/C22H19ClFN3O2/c1-13-8-15-4-3-5-16(15)10-19(13)25-22-26-21(28)20(29-2)12-27(22)11-14-6-7-18(24)17(23)9-14/h3,5-10,12H,4,11H2,1-2H3,(H,25,26,28). The summed E-state index contributed by atoms with van der Waals surface area (Å²) >= 11 is 5.91. The van der Waals surface area contributed by atoms with Crippen LogP contribution in [-0.2, 0) is 13.0 Å². The molecule has 0 unspecified atom stereocenters. The Bertz CT molecular complexity index is 1190. The third kappa shape index (κ3) is 3.89. The number of hydrogen-bond donors (Lipinski definition) is 1. The molecule has 0 saturated heterocycles. The Kier molecular flexibility index (Phi) is 5.11. The van der Waals surface area contributed by atoms with E-state index >= 15 is 0 Å². The zero-order valence-corrected chi connectivity index (χ0v) is 16.8. The number of hydrogen-bond acceptors (Lipinski definition) is 4. The lowest BCUT2D eigenvalue weighted by Gasteiger charge is -2.17. The topological polar surface area (TPSA) is 56.1 Å². The minimum atomic E-state index is -0.480. The van der Waals surface area contributed by atoms with E-state index in [1.165, 1.54) is 18.7 Å². The fourth-order valence-corrected chi connectivity index (χ4v) is 3.56. The SMILES string of the molecule is COc1cn(Cc2ccc(F)c(Cl)c2)c(Nc2cc3c(cc2C)CC=C3)nc1=O. The van der Waals surface area contributed by atoms with Crippen molar-refractivity contribution in [1.82, 2.24) is 9.55 Å². The number of methoxy groups -OCH3 is 1. The first kappa shape index (κ1) is 19.2. The fraction of sp³-hybridized carbons (Fsp3) is 0.182. The van der Waals surface area contributed by atoms with Gasteiger partial charge in [-0.15, -0.1) is 0 Å². The zero-order valence-electron chi connectivity index (χ0n) is 16.0. The molecule has 1 aliphatic carbocycles. The number of allylic oxidation sites excluding steroid dienone is 1. The minimum Gasteiger partial charge on any atom is -0.490 e. The number of halogens is 2. The molecule has 0 atom stereocenters. The number of aromatic nitrogens is 2. The van der Waals surface area contributed by atoms with E-state index in [1.807, 2.05) is 13.0 Å². The molecule has 0 saturated carbocycles. The van der Waals surface area contributed by atoms with Crippen molar-refractivity contribution in [2.24, 2.45) is 0 Å². The van der Waals surface area contributed by atoms with Gasteiger partial charge in [0.05, 0.1) is 24.9 Å². The lowest BCUT2D eigenvalue weighted by atomic mass is 10.0. The Morgan fingerprint density at radius 1 is 1.31 bits per heavy atom. The summed E-state index contributed by atoms with van der Waals surface area (Å²) in [5.41, 5.74) is 4.62. The van der Waals surface area contributed by atoms with Crippen LogP contribution in [0.3, 0.4) is 0 Å². The van der Waals surface area contributed by atoms with Crippen molar-refractivity contribution in [1.29, 1.82) is 0 Å². The lowest BCUT2D eigenvalue weighted by molar-refractivity contribution is 0.402. The number of rotatable bonds is 5. The third-order valence-electron chi connectivity index (χ3n) is 4.89. The van der Waals surface area contributed by atoms with Gasteiger partial charge in [0.15, 0.2) is 0 Å². The van der Waals surface area contributed by atoms with E-state index in [0.29, 0.717) is 12.5 Å². The number of fused-ring (bicyclic) bond motifs is 1. The molecular weight excluding hydrogens is 393 g/mol. The van der Waals surface area contributed by atoms with E-state index in [2.05, 4.69) is 28.5 Å². The van der Waals surface area contributed by atoms with Gasteiger partial charge in [-0.2, -0.15) is 4.98 Å². The molecule has 148 valence electrons. The van der Waals surface area contributed by atoms with Gasteiger partial charge in [0, 0.05) is 5.69 Å². The van der Waals surface area contributed by atoms with Gasteiger partial charge >= 0.3 is 5.56 Å². The van der Waals surface area contributed by atoms with Crippen LogP contribution in [0, 0.1) is 12.7 Å². The summed E-state index contributed by atoms with van der Waals surface area (Å²) < 4.78 is 20.4. The average Bonchev–Trinajstić information content (AvgIpc) is 3.14. The van der Waals surface area contributed by atoms with Crippen molar-refractivity contribution in [3.05, 3.63) is 86.1 Å². The third-order valence-corrected chi connectivity index (χ3v) is 5.18. The smallest absolute Gasteiger partial charge is 0.316 e. The van der Waals surface area contributed by atoms with E-state index < -0.39 is 11.4 Å². The first-order valence-electron chi connectivity index (χ1n) is 9.11. The Morgan fingerprint density at radius 2 is 2.14 bits per heavy atom. The van der Waals surface area contributed by atoms with Crippen LogP contribution in [0.4, 0.5) is 16.0 Å². The molecule has 0 aliphatic heterocycles. The maximum Gasteiger partial charge on any atom is 0.316 e. The molecular formula is C22H19ClFN3O2. The lowest BCUT2D eigenvalue weighted by Crippen LogP contribution is -2.19. The normalized spacial score (nSPS) is 12.1. The van der Waals surface area contributed by atoms with Gasteiger partial charge in [0.25, 0.3) is 0 Å². The summed E-state index contributed by atoms with van der Waals surface area (Å²) in [6.07, 6.45) is 6.70. The maximum atomic E-state index is 13.5. The number of aryl methyl sites for hydroxylation is 1. The summed E-state index contributed by atoms with van der Waals surface area (Å²) in [6.45, 7) is 2.34. The fourth-order valence-electron chi connectivity index (χ4n) is 3.35. The molecule has 0 amide bonds. The van der Waals surface area contributed by atoms with Gasteiger partial charge in [-0.25, -0.2) is 4.39 Å². The molecule has 5 nitrogen and oxygen atoms in total. The van der Waals surface area contributed by atoms with E-state index in [-0.39, 0.29) is 10.8 Å². The summed E-state index contributed by atoms with van der Waals surface area (Å²) in [5, 5.41) is 3.31. The van der Waals surface area contributed by atoms with E-state index in [0.717, 1.165) is 28.8 Å². The molecule has 0 fully saturated rings. The quantitative estimate of drug-likeness (QED) is 0.660. The molecule has 0 bridgehead atoms. The highest BCUT2D eigenvalue weighted by atomic mass is 35.5. The predicted molar refractivity (Wildman–Crippen MR) is 113 cm³/mol. The van der Waals surface area contributed by atoms with Gasteiger partial charge in [-0.1, -0.05) is 35.9 Å². The van der Waals surface area contributed by atoms with Crippen LogP contribution < -0.4 is 15.6 Å². The van der Waals surface area contributed by atoms with Crippen molar-refractivity contribution in [2.45, 2.75) is 19.9 Å². The molecule has 2 aromatic carbocycles. The van der Waals surface area contributed by atoms with Crippen LogP contribution in [0.2, 0.25) is 5.02 Å². The minimum absolute atomic E-state index is 0.0410. The highest BCUT2D eigenvalue weighted by molar-refractivity contribution is 6.30. The van der Waals surface area contributed by atoms with Gasteiger partial charge < -0.3 is 14.6 Å². The maximum absolute atomic E-state index is 13.5. The number of nitrogens with zero attached hydrogens (tertiary/aromatic N) is 2. The average molecular weight is 412 g/mol. The number of benzene rings is 2. The summed E-state index contributed by atoms with van der Waals surface area (Å²) in [5.74, 6) is 0.00448. The van der Waals surface area contributed by atoms with Crippen LogP contribution in [0.15, 0.2) is 47.4 Å². The van der Waals surface area contributed by atoms with Crippen molar-refractivity contribution in [2.75, 3.05) is 12.4 Å². The van der Waals surface area contributed by atoms with Crippen molar-refractivity contribution in [3.63, 3.8) is 0 Å². The zero-order chi connectivity index (χ0) is 20.5. The van der Waals surface area contributed by atoms with Crippen molar-refractivity contribution in [3.8, 4) is 5.75 Å². The summed E-state index contributed by atoms with van der Waals surface area (Å²) in [7, 11) is 1.42. The number of anilines is 2. The predicted octanol–water partition coefficient (Wildman–Crippen LogP) is 4.71. The van der Waals surface area contributed by atoms with Crippen LogP contribution in [0.5, 0.6) is 5.75 Å². The highest BCUT2D eigenvalue weighted by Gasteiger charge is 2.14. The van der Waals surface area contributed by atoms with Crippen LogP contribution in [-0.4, -0.2) is 16.7 Å². The second-order valence-electron chi connectivity index (χ2n) is 6.91. The molecule has 4 rings (SSSR count). The second kappa shape index (κ2) is 7.72. The van der Waals surface area contributed by atoms with E-state index in [1.54, 1.807) is 22.9 Å². The molecule has 1 heterocycles. The molecule has 1 aromatic heterocycles. The molecule has 29 heavy (non-hydrogen) atoms. The molecule has 1 aliphatic rings. The van der Waals surface area contributed by atoms with Gasteiger partial charge in [0.2, 0.25) is 11.7 Å². The van der Waals surface area contributed by atoms with Crippen molar-refractivity contribution < 1.29 is 9.13 Å². The molecule has 0 radical (unpaired) electrons. The highest BCUT2D eigenvalue weighted by Crippen LogP contribution is 2.28. The van der Waals surface area contributed by atoms with E-state index in [4.69, 9.17) is 16.3 Å². The number of ether oxygens (including phenoxy) is 1. The summed E-state index contributed by atoms with van der Waals surface area (Å²) in [6, 6.07) is 8.68. The summed E-state index contributed by atoms with van der Waals surface area (Å²) in [4.78, 5) is 16.4. The van der Waals surface area contributed by atoms with Gasteiger partial charge in [-0.3, -0.25) is 4.79 Å². The van der Waals surface area contributed by atoms with E-state index in [9.17, 15) is 9.18 Å². The van der Waals surface area contributed by atoms with Crippen LogP contribution in [0.1, 0.15) is 22.3 Å². The van der Waals surface area contributed by atoms with Crippen molar-refractivity contribution >= 4 is 29.3 Å². The second-order valence-corrected chi connectivity index (χ2v) is 7.32. The molecule has 0 spiro atoms. The largest absolute Gasteiger partial charge is 0.490 e. The molecule has 1 N–H and O–H groups in total. The first-order valence-corrected chi connectivity index (χ1v) is 9.49. The monoisotopic (exact) mass is 411 g/mol. The molecule has 7 heteroatoms. The Labute approximate surface area is 172 Å². The first-order chi connectivity index (χ1) is 13.9. The Morgan fingerprint density at radius 3 is 2.90 bits per heavy atom. The van der Waals surface area contributed by atoms with Gasteiger partial charge in [-0.05, 0) is 53.8 Å². The number of nitrogens with one attached hydrogen (secondary N) is 1. The van der Waals surface area contributed by atoms with Crippen LogP contribution in [0.25, 0.3) is 6.08 Å². The van der Waals surface area contributed by atoms with Crippen LogP contribution >= 0.6 is 11.6 Å². The molecule has 3 aromatic rings.